The summed E-state index contributed by atoms with van der Waals surface area (Å²) in [6.45, 7) is 11.5. The zero-order valence-corrected chi connectivity index (χ0v) is 11.0. The van der Waals surface area contributed by atoms with E-state index < -0.39 is 0 Å². The van der Waals surface area contributed by atoms with Crippen LogP contribution >= 0.6 is 0 Å². The van der Waals surface area contributed by atoms with Gasteiger partial charge in [0.1, 0.15) is 0 Å². The highest BCUT2D eigenvalue weighted by molar-refractivity contribution is 5.37. The molecular formula is C15H25N. The summed E-state index contributed by atoms with van der Waals surface area (Å²) >= 11 is 0. The third-order valence-electron chi connectivity index (χ3n) is 3.58. The molecular weight excluding hydrogens is 194 g/mol. The first-order valence-corrected chi connectivity index (χ1v) is 6.41. The van der Waals surface area contributed by atoms with Crippen LogP contribution < -0.4 is 5.32 Å². The van der Waals surface area contributed by atoms with Gasteiger partial charge in [0.15, 0.2) is 0 Å². The molecule has 0 aromatic heterocycles. The van der Waals surface area contributed by atoms with Crippen LogP contribution in [0.3, 0.4) is 0 Å². The summed E-state index contributed by atoms with van der Waals surface area (Å²) in [4.78, 5) is 0. The summed E-state index contributed by atoms with van der Waals surface area (Å²) < 4.78 is 0. The molecule has 1 nitrogen and oxygen atoms in total. The van der Waals surface area contributed by atoms with Crippen LogP contribution in [0.2, 0.25) is 0 Å². The minimum atomic E-state index is 0.746. The number of hydrogen-bond donors (Lipinski definition) is 1. The molecule has 0 aromatic rings. The summed E-state index contributed by atoms with van der Waals surface area (Å²) in [6.07, 6.45) is 9.15. The maximum Gasteiger partial charge on any atom is 0.0147 e. The molecule has 1 aliphatic rings. The summed E-state index contributed by atoms with van der Waals surface area (Å²) in [5.41, 5.74) is 4.71. The van der Waals surface area contributed by atoms with E-state index in [1.54, 1.807) is 11.8 Å². The Morgan fingerprint density at radius 1 is 1.50 bits per heavy atom. The van der Waals surface area contributed by atoms with Crippen LogP contribution in [0.25, 0.3) is 0 Å². The lowest BCUT2D eigenvalue weighted by Gasteiger charge is -2.26. The molecule has 1 atom stereocenters. The van der Waals surface area contributed by atoms with Gasteiger partial charge in [-0.1, -0.05) is 37.1 Å². The second-order valence-corrected chi connectivity index (χ2v) is 4.67. The van der Waals surface area contributed by atoms with Crippen molar-refractivity contribution in [2.45, 2.75) is 46.5 Å². The lowest BCUT2D eigenvalue weighted by Crippen LogP contribution is -2.17. The van der Waals surface area contributed by atoms with Crippen molar-refractivity contribution in [3.05, 3.63) is 35.6 Å². The Morgan fingerprint density at radius 2 is 2.25 bits per heavy atom. The van der Waals surface area contributed by atoms with Gasteiger partial charge in [-0.05, 0) is 50.8 Å². The monoisotopic (exact) mass is 219 g/mol. The molecule has 0 bridgehead atoms. The summed E-state index contributed by atoms with van der Waals surface area (Å²) in [5, 5.41) is 3.20. The molecule has 90 valence electrons. The molecule has 0 saturated heterocycles. The molecule has 1 aliphatic carbocycles. The Hall–Kier alpha value is -0.980. The van der Waals surface area contributed by atoms with Crippen LogP contribution in [0.5, 0.6) is 0 Å². The molecule has 0 spiro atoms. The number of rotatable bonds is 6. The molecule has 1 unspecified atom stereocenters. The van der Waals surface area contributed by atoms with Gasteiger partial charge in [0.05, 0.1) is 0 Å². The first-order valence-electron chi connectivity index (χ1n) is 6.41. The van der Waals surface area contributed by atoms with E-state index in [-0.39, 0.29) is 0 Å². The first-order chi connectivity index (χ1) is 7.70. The van der Waals surface area contributed by atoms with Gasteiger partial charge < -0.3 is 5.32 Å². The van der Waals surface area contributed by atoms with Crippen LogP contribution in [-0.2, 0) is 0 Å². The Labute approximate surface area is 100 Å². The standard InChI is InChI=1S/C15H25N/c1-5-7-15-13(4)12(3)8-9-14(15)10-11-16-6-2/h6,8,14,16H,2,5,7,9-11H2,1,3-4H3. The normalized spacial score (nSPS) is 20.7. The van der Waals surface area contributed by atoms with Crippen molar-refractivity contribution >= 4 is 0 Å². The lowest BCUT2D eigenvalue weighted by molar-refractivity contribution is 0.521. The summed E-state index contributed by atoms with van der Waals surface area (Å²) in [5.74, 6) is 0.746. The van der Waals surface area contributed by atoms with Crippen LogP contribution in [0.1, 0.15) is 46.5 Å². The van der Waals surface area contributed by atoms with Crippen LogP contribution in [0.15, 0.2) is 35.6 Å². The molecule has 0 radical (unpaired) electrons. The molecule has 0 aliphatic heterocycles. The van der Waals surface area contributed by atoms with Gasteiger partial charge in [0.25, 0.3) is 0 Å². The molecule has 0 aromatic carbocycles. The van der Waals surface area contributed by atoms with E-state index in [1.165, 1.54) is 36.8 Å². The van der Waals surface area contributed by atoms with E-state index in [1.807, 2.05) is 0 Å². The Morgan fingerprint density at radius 3 is 2.88 bits per heavy atom. The van der Waals surface area contributed by atoms with Crippen molar-refractivity contribution in [3.8, 4) is 0 Å². The predicted octanol–water partition coefficient (Wildman–Crippen LogP) is 4.19. The predicted molar refractivity (Wildman–Crippen MR) is 72.3 cm³/mol. The highest BCUT2D eigenvalue weighted by Crippen LogP contribution is 2.34. The van der Waals surface area contributed by atoms with E-state index in [0.29, 0.717) is 0 Å². The van der Waals surface area contributed by atoms with Gasteiger partial charge in [0.2, 0.25) is 0 Å². The molecule has 0 heterocycles. The Balaban J connectivity index is 2.67. The Kier molecular flexibility index (Phi) is 5.37. The fourth-order valence-electron chi connectivity index (χ4n) is 2.49. The van der Waals surface area contributed by atoms with Crippen molar-refractivity contribution < 1.29 is 0 Å². The van der Waals surface area contributed by atoms with Gasteiger partial charge in [-0.2, -0.15) is 0 Å². The lowest BCUT2D eigenvalue weighted by atomic mass is 9.80. The maximum atomic E-state index is 3.69. The average molecular weight is 219 g/mol. The molecule has 0 amide bonds. The number of hydrogen-bond acceptors (Lipinski definition) is 1. The third kappa shape index (κ3) is 3.26. The fourth-order valence-corrected chi connectivity index (χ4v) is 2.49. The van der Waals surface area contributed by atoms with Gasteiger partial charge in [0, 0.05) is 6.54 Å². The quantitative estimate of drug-likeness (QED) is 0.660. The maximum absolute atomic E-state index is 3.69. The van der Waals surface area contributed by atoms with Crippen molar-refractivity contribution in [2.24, 2.45) is 5.92 Å². The summed E-state index contributed by atoms with van der Waals surface area (Å²) in [6, 6.07) is 0. The second kappa shape index (κ2) is 6.57. The third-order valence-corrected chi connectivity index (χ3v) is 3.58. The summed E-state index contributed by atoms with van der Waals surface area (Å²) in [7, 11) is 0. The minimum absolute atomic E-state index is 0.746. The van der Waals surface area contributed by atoms with Gasteiger partial charge >= 0.3 is 0 Å². The van der Waals surface area contributed by atoms with Crippen LogP contribution in [0, 0.1) is 5.92 Å². The zero-order valence-electron chi connectivity index (χ0n) is 11.0. The van der Waals surface area contributed by atoms with Gasteiger partial charge in [-0.3, -0.25) is 0 Å². The molecule has 1 rings (SSSR count). The van der Waals surface area contributed by atoms with Crippen LogP contribution in [-0.4, -0.2) is 6.54 Å². The van der Waals surface area contributed by atoms with Gasteiger partial charge in [-0.15, -0.1) is 0 Å². The van der Waals surface area contributed by atoms with E-state index >= 15 is 0 Å². The molecule has 1 N–H and O–H groups in total. The fraction of sp³-hybridized carbons (Fsp3) is 0.600. The zero-order chi connectivity index (χ0) is 12.0. The van der Waals surface area contributed by atoms with Crippen molar-refractivity contribution in [1.29, 1.82) is 0 Å². The van der Waals surface area contributed by atoms with E-state index in [4.69, 9.17) is 0 Å². The second-order valence-electron chi connectivity index (χ2n) is 4.67. The van der Waals surface area contributed by atoms with Gasteiger partial charge in [-0.25, -0.2) is 0 Å². The highest BCUT2D eigenvalue weighted by atomic mass is 14.8. The molecule has 16 heavy (non-hydrogen) atoms. The average Bonchev–Trinajstić information content (AvgIpc) is 2.28. The first kappa shape index (κ1) is 13.1. The smallest absolute Gasteiger partial charge is 0.0147 e. The van der Waals surface area contributed by atoms with Crippen LogP contribution in [0.4, 0.5) is 0 Å². The topological polar surface area (TPSA) is 12.0 Å². The van der Waals surface area contributed by atoms with E-state index in [0.717, 1.165) is 12.5 Å². The number of nitrogens with one attached hydrogen (secondary N) is 1. The molecule has 0 fully saturated rings. The molecule has 0 saturated carbocycles. The SMILES string of the molecule is C=CNCCC1CC=C(C)C(C)=C1CCC. The van der Waals surface area contributed by atoms with E-state index in [9.17, 15) is 0 Å². The number of allylic oxidation sites excluding steroid dienone is 4. The minimum Gasteiger partial charge on any atom is -0.391 e. The largest absolute Gasteiger partial charge is 0.391 e. The van der Waals surface area contributed by atoms with E-state index in [2.05, 4.69) is 38.7 Å². The molecule has 1 heteroatoms. The van der Waals surface area contributed by atoms with Crippen molar-refractivity contribution in [1.82, 2.24) is 5.32 Å². The highest BCUT2D eigenvalue weighted by Gasteiger charge is 2.19. The van der Waals surface area contributed by atoms with Crippen molar-refractivity contribution in [3.63, 3.8) is 0 Å². The Bertz CT molecular complexity index is 297. The van der Waals surface area contributed by atoms with Crippen molar-refractivity contribution in [2.75, 3.05) is 6.54 Å².